The van der Waals surface area contributed by atoms with Crippen LogP contribution in [-0.2, 0) is 6.61 Å². The van der Waals surface area contributed by atoms with Gasteiger partial charge < -0.3 is 14.6 Å². The fourth-order valence-corrected chi connectivity index (χ4v) is 2.59. The fraction of sp³-hybridized carbons (Fsp3) is 0.105. The quantitative estimate of drug-likeness (QED) is 0.770. The lowest BCUT2D eigenvalue weighted by atomic mass is 10.1. The third-order valence-electron chi connectivity index (χ3n) is 3.68. The van der Waals surface area contributed by atoms with E-state index in [4.69, 9.17) is 9.47 Å². The number of benzene rings is 3. The third-order valence-corrected chi connectivity index (χ3v) is 3.68. The standard InChI is InChI=1S/C19H16O4/c1-22-17-11-5-8-14(18(17)19(20)21)12-23-16-10-4-7-13-6-2-3-9-15(13)16/h2-11H,12H2,1H3,(H,20,21). The topological polar surface area (TPSA) is 55.8 Å². The molecule has 0 aliphatic rings. The molecule has 0 aliphatic heterocycles. The zero-order valence-electron chi connectivity index (χ0n) is 12.7. The summed E-state index contributed by atoms with van der Waals surface area (Å²) in [6.07, 6.45) is 0. The van der Waals surface area contributed by atoms with Crippen molar-refractivity contribution >= 4 is 16.7 Å². The van der Waals surface area contributed by atoms with E-state index in [0.717, 1.165) is 16.5 Å². The monoisotopic (exact) mass is 308 g/mol. The average Bonchev–Trinajstić information content (AvgIpc) is 2.59. The predicted molar refractivity (Wildman–Crippen MR) is 88.2 cm³/mol. The Morgan fingerprint density at radius 1 is 0.957 bits per heavy atom. The molecule has 0 amide bonds. The maximum atomic E-state index is 11.5. The summed E-state index contributed by atoms with van der Waals surface area (Å²) in [5, 5.41) is 11.5. The molecule has 0 saturated heterocycles. The van der Waals surface area contributed by atoms with Crippen molar-refractivity contribution in [1.82, 2.24) is 0 Å². The van der Waals surface area contributed by atoms with Crippen molar-refractivity contribution in [2.45, 2.75) is 6.61 Å². The van der Waals surface area contributed by atoms with Crippen LogP contribution in [0.1, 0.15) is 15.9 Å². The highest BCUT2D eigenvalue weighted by atomic mass is 16.5. The van der Waals surface area contributed by atoms with E-state index in [1.165, 1.54) is 7.11 Å². The van der Waals surface area contributed by atoms with Crippen LogP contribution in [0, 0.1) is 0 Å². The molecular weight excluding hydrogens is 292 g/mol. The molecule has 23 heavy (non-hydrogen) atoms. The van der Waals surface area contributed by atoms with Gasteiger partial charge in [0.15, 0.2) is 0 Å². The van der Waals surface area contributed by atoms with Crippen molar-refractivity contribution in [3.8, 4) is 11.5 Å². The van der Waals surface area contributed by atoms with Crippen LogP contribution in [0.25, 0.3) is 10.8 Å². The van der Waals surface area contributed by atoms with Gasteiger partial charge in [-0.1, -0.05) is 48.5 Å². The number of fused-ring (bicyclic) bond motifs is 1. The zero-order chi connectivity index (χ0) is 16.2. The highest BCUT2D eigenvalue weighted by molar-refractivity contribution is 5.92. The van der Waals surface area contributed by atoms with Gasteiger partial charge in [0, 0.05) is 10.9 Å². The summed E-state index contributed by atoms with van der Waals surface area (Å²) in [7, 11) is 1.46. The summed E-state index contributed by atoms with van der Waals surface area (Å²) in [5.74, 6) is 0.0257. The van der Waals surface area contributed by atoms with Gasteiger partial charge in [0.2, 0.25) is 0 Å². The van der Waals surface area contributed by atoms with Crippen molar-refractivity contribution in [2.24, 2.45) is 0 Å². The molecule has 0 atom stereocenters. The van der Waals surface area contributed by atoms with Crippen molar-refractivity contribution in [2.75, 3.05) is 7.11 Å². The van der Waals surface area contributed by atoms with E-state index in [-0.39, 0.29) is 12.2 Å². The predicted octanol–water partition coefficient (Wildman–Crippen LogP) is 4.13. The van der Waals surface area contributed by atoms with Crippen LogP contribution in [0.2, 0.25) is 0 Å². The number of aromatic carboxylic acids is 1. The molecule has 0 radical (unpaired) electrons. The minimum atomic E-state index is -1.03. The van der Waals surface area contributed by atoms with Crippen molar-refractivity contribution in [1.29, 1.82) is 0 Å². The number of carboxylic acid groups (broad SMARTS) is 1. The maximum absolute atomic E-state index is 11.5. The molecule has 0 spiro atoms. The minimum absolute atomic E-state index is 0.134. The Kier molecular flexibility index (Phi) is 4.15. The van der Waals surface area contributed by atoms with Crippen LogP contribution in [-0.4, -0.2) is 18.2 Å². The van der Waals surface area contributed by atoms with Gasteiger partial charge in [-0.3, -0.25) is 0 Å². The third kappa shape index (κ3) is 2.97. The number of ether oxygens (including phenoxy) is 2. The zero-order valence-corrected chi connectivity index (χ0v) is 12.7. The molecule has 4 heteroatoms. The van der Waals surface area contributed by atoms with Crippen molar-refractivity contribution in [3.63, 3.8) is 0 Å². The van der Waals surface area contributed by atoms with E-state index in [1.807, 2.05) is 42.5 Å². The van der Waals surface area contributed by atoms with Gasteiger partial charge >= 0.3 is 5.97 Å². The molecule has 3 aromatic carbocycles. The lowest BCUT2D eigenvalue weighted by molar-refractivity contribution is 0.0690. The van der Waals surface area contributed by atoms with Crippen LogP contribution in [0.4, 0.5) is 0 Å². The Morgan fingerprint density at radius 3 is 2.43 bits per heavy atom. The number of methoxy groups -OCH3 is 1. The molecule has 0 aliphatic carbocycles. The first-order valence-electron chi connectivity index (χ1n) is 7.20. The fourth-order valence-electron chi connectivity index (χ4n) is 2.59. The van der Waals surface area contributed by atoms with Crippen LogP contribution in [0.3, 0.4) is 0 Å². The second kappa shape index (κ2) is 6.40. The van der Waals surface area contributed by atoms with Gasteiger partial charge in [-0.2, -0.15) is 0 Å². The SMILES string of the molecule is COc1cccc(COc2cccc3ccccc23)c1C(=O)O. The molecule has 1 N–H and O–H groups in total. The second-order valence-electron chi connectivity index (χ2n) is 5.07. The normalized spacial score (nSPS) is 10.5. The summed E-state index contributed by atoms with van der Waals surface area (Å²) >= 11 is 0. The Balaban J connectivity index is 1.93. The molecule has 0 aromatic heterocycles. The summed E-state index contributed by atoms with van der Waals surface area (Å²) in [4.78, 5) is 11.5. The first-order valence-corrected chi connectivity index (χ1v) is 7.20. The molecule has 3 rings (SSSR count). The first kappa shape index (κ1) is 14.9. The second-order valence-corrected chi connectivity index (χ2v) is 5.07. The van der Waals surface area contributed by atoms with E-state index in [0.29, 0.717) is 11.3 Å². The summed E-state index contributed by atoms with van der Waals surface area (Å²) in [6.45, 7) is 0.160. The van der Waals surface area contributed by atoms with Crippen LogP contribution >= 0.6 is 0 Å². The maximum Gasteiger partial charge on any atom is 0.339 e. The summed E-state index contributed by atoms with van der Waals surface area (Å²) in [6, 6.07) is 18.8. The number of carboxylic acids is 1. The van der Waals surface area contributed by atoms with E-state index in [2.05, 4.69) is 0 Å². The molecule has 0 saturated carbocycles. The van der Waals surface area contributed by atoms with Gasteiger partial charge in [0.25, 0.3) is 0 Å². The Labute approximate surface area is 133 Å². The minimum Gasteiger partial charge on any atom is -0.496 e. The molecule has 0 unspecified atom stereocenters. The Morgan fingerprint density at radius 2 is 1.65 bits per heavy atom. The van der Waals surface area contributed by atoms with Gasteiger partial charge in [-0.25, -0.2) is 4.79 Å². The van der Waals surface area contributed by atoms with E-state index in [9.17, 15) is 9.90 Å². The lowest BCUT2D eigenvalue weighted by Gasteiger charge is -2.13. The Bertz CT molecular complexity index is 850. The highest BCUT2D eigenvalue weighted by Gasteiger charge is 2.16. The molecule has 4 nitrogen and oxygen atoms in total. The van der Waals surface area contributed by atoms with Crippen LogP contribution in [0.15, 0.2) is 60.7 Å². The van der Waals surface area contributed by atoms with E-state index < -0.39 is 5.97 Å². The van der Waals surface area contributed by atoms with Gasteiger partial charge in [-0.15, -0.1) is 0 Å². The summed E-state index contributed by atoms with van der Waals surface area (Å²) < 4.78 is 11.0. The van der Waals surface area contributed by atoms with Gasteiger partial charge in [0.05, 0.1) is 7.11 Å². The number of hydrogen-bond acceptors (Lipinski definition) is 3. The van der Waals surface area contributed by atoms with Gasteiger partial charge in [0.1, 0.15) is 23.7 Å². The Hall–Kier alpha value is -3.01. The lowest BCUT2D eigenvalue weighted by Crippen LogP contribution is -2.08. The number of rotatable bonds is 5. The van der Waals surface area contributed by atoms with Gasteiger partial charge in [-0.05, 0) is 17.5 Å². The van der Waals surface area contributed by atoms with E-state index >= 15 is 0 Å². The van der Waals surface area contributed by atoms with Crippen molar-refractivity contribution < 1.29 is 19.4 Å². The average molecular weight is 308 g/mol. The number of hydrogen-bond donors (Lipinski definition) is 1. The van der Waals surface area contributed by atoms with Crippen LogP contribution < -0.4 is 9.47 Å². The van der Waals surface area contributed by atoms with Crippen LogP contribution in [0.5, 0.6) is 11.5 Å². The van der Waals surface area contributed by atoms with Crippen molar-refractivity contribution in [3.05, 3.63) is 71.8 Å². The molecule has 0 fully saturated rings. The molecule has 0 heterocycles. The highest BCUT2D eigenvalue weighted by Crippen LogP contribution is 2.28. The van der Waals surface area contributed by atoms with E-state index in [1.54, 1.807) is 18.2 Å². The molecule has 3 aromatic rings. The molecule has 0 bridgehead atoms. The largest absolute Gasteiger partial charge is 0.496 e. The summed E-state index contributed by atoms with van der Waals surface area (Å²) in [5.41, 5.74) is 0.708. The smallest absolute Gasteiger partial charge is 0.339 e. The molecule has 116 valence electrons. The first-order chi connectivity index (χ1) is 11.2. The molecular formula is C19H16O4. The number of carbonyl (C=O) groups is 1.